The van der Waals surface area contributed by atoms with Crippen molar-refractivity contribution in [3.05, 3.63) is 46.5 Å². The predicted octanol–water partition coefficient (Wildman–Crippen LogP) is 2.95. The van der Waals surface area contributed by atoms with Gasteiger partial charge in [-0.3, -0.25) is 4.79 Å². The van der Waals surface area contributed by atoms with Crippen LogP contribution in [0.3, 0.4) is 0 Å². The highest BCUT2D eigenvalue weighted by molar-refractivity contribution is 7.22. The van der Waals surface area contributed by atoms with Crippen LogP contribution >= 0.6 is 22.9 Å². The highest BCUT2D eigenvalue weighted by atomic mass is 35.5. The number of halogens is 1. The van der Waals surface area contributed by atoms with Crippen molar-refractivity contribution in [2.24, 2.45) is 0 Å². The van der Waals surface area contributed by atoms with Crippen molar-refractivity contribution in [2.45, 2.75) is 6.54 Å². The van der Waals surface area contributed by atoms with Crippen molar-refractivity contribution < 1.29 is 9.90 Å². The van der Waals surface area contributed by atoms with Gasteiger partial charge in [-0.05, 0) is 35.7 Å². The van der Waals surface area contributed by atoms with Gasteiger partial charge in [0, 0.05) is 12.1 Å². The van der Waals surface area contributed by atoms with Gasteiger partial charge in [-0.2, -0.15) is 0 Å². The molecule has 3 aromatic rings. The average molecular weight is 411 g/mol. The maximum atomic E-state index is 11.2. The number of nitrogens with zero attached hydrogens (tertiary/aromatic N) is 1. The summed E-state index contributed by atoms with van der Waals surface area (Å²) in [7, 11) is 0. The van der Waals surface area contributed by atoms with Crippen LogP contribution in [0.25, 0.3) is 10.2 Å². The van der Waals surface area contributed by atoms with Crippen molar-refractivity contribution in [3.8, 4) is 29.9 Å². The number of phenolic OH excluding ortho intramolecular Hbond substituents is 1. The normalized spacial score (nSPS) is 10.0. The van der Waals surface area contributed by atoms with Crippen molar-refractivity contribution in [2.75, 3.05) is 17.6 Å². The third kappa shape index (κ3) is 4.66. The number of carbonyl (C=O) groups excluding carboxylic acids is 1. The average Bonchev–Trinajstić information content (AvgIpc) is 3.06. The zero-order valence-corrected chi connectivity index (χ0v) is 16.1. The maximum Gasteiger partial charge on any atom is 0.295 e. The lowest BCUT2D eigenvalue weighted by Gasteiger charge is -2.08. The molecule has 2 aromatic carbocycles. The SMILES string of the molecule is C#CC(=O)NCc1ccc(Cl)c(NCC#Cc2cc(O)c3nc(N)sc3c2)c1. The van der Waals surface area contributed by atoms with E-state index in [0.717, 1.165) is 10.3 Å². The number of nitrogen functional groups attached to an aromatic ring is 1. The van der Waals surface area contributed by atoms with Crippen LogP contribution in [-0.2, 0) is 11.3 Å². The summed E-state index contributed by atoms with van der Waals surface area (Å²) in [5, 5.41) is 16.7. The van der Waals surface area contributed by atoms with Crippen LogP contribution in [0.1, 0.15) is 11.1 Å². The Morgan fingerprint density at radius 2 is 2.18 bits per heavy atom. The van der Waals surface area contributed by atoms with Crippen LogP contribution in [0, 0.1) is 24.2 Å². The Labute approximate surface area is 170 Å². The molecule has 140 valence electrons. The molecule has 0 radical (unpaired) electrons. The van der Waals surface area contributed by atoms with Gasteiger partial charge >= 0.3 is 0 Å². The summed E-state index contributed by atoms with van der Waals surface area (Å²) in [6.45, 7) is 0.640. The number of carbonyl (C=O) groups is 1. The molecule has 0 aliphatic rings. The van der Waals surface area contributed by atoms with Crippen molar-refractivity contribution >= 4 is 49.9 Å². The fourth-order valence-electron chi connectivity index (χ4n) is 2.44. The molecule has 0 saturated heterocycles. The first-order chi connectivity index (χ1) is 13.5. The molecule has 0 atom stereocenters. The zero-order chi connectivity index (χ0) is 20.1. The van der Waals surface area contributed by atoms with Crippen LogP contribution in [0.4, 0.5) is 10.8 Å². The van der Waals surface area contributed by atoms with Gasteiger partial charge in [0.05, 0.1) is 22.0 Å². The Balaban J connectivity index is 1.67. The van der Waals surface area contributed by atoms with Crippen LogP contribution in [0.15, 0.2) is 30.3 Å². The standard InChI is InChI=1S/C20H15ClN4O2S/c1-2-18(27)24-11-13-5-6-14(21)15(8-13)23-7-3-4-12-9-16(26)19-17(10-12)28-20(22)25-19/h1,5-6,8-10,23,26H,7,11H2,(H2,22,25)(H,24,27). The number of aromatic hydroxyl groups is 1. The first-order valence-electron chi connectivity index (χ1n) is 8.11. The number of nitrogens with one attached hydrogen (secondary N) is 2. The van der Waals surface area contributed by atoms with E-state index in [1.807, 2.05) is 18.1 Å². The molecule has 3 rings (SSSR count). The second-order valence-electron chi connectivity index (χ2n) is 5.69. The molecule has 1 heterocycles. The van der Waals surface area contributed by atoms with Crippen molar-refractivity contribution in [1.82, 2.24) is 10.3 Å². The quantitative estimate of drug-likeness (QED) is 0.495. The Morgan fingerprint density at radius 1 is 1.36 bits per heavy atom. The Morgan fingerprint density at radius 3 is 2.96 bits per heavy atom. The summed E-state index contributed by atoms with van der Waals surface area (Å²) >= 11 is 7.48. The molecule has 1 aromatic heterocycles. The maximum absolute atomic E-state index is 11.2. The number of hydrogen-bond donors (Lipinski definition) is 4. The van der Waals surface area contributed by atoms with Crippen LogP contribution in [0.5, 0.6) is 5.75 Å². The summed E-state index contributed by atoms with van der Waals surface area (Å²) < 4.78 is 0.777. The van der Waals surface area contributed by atoms with Gasteiger partial charge in [0.15, 0.2) is 5.13 Å². The molecular formula is C20H15ClN4O2S. The van der Waals surface area contributed by atoms with Gasteiger partial charge in [0.2, 0.25) is 0 Å². The minimum atomic E-state index is -0.474. The molecule has 0 spiro atoms. The number of rotatable bonds is 4. The second kappa shape index (κ2) is 8.53. The third-order valence-electron chi connectivity index (χ3n) is 3.71. The molecule has 0 bridgehead atoms. The van der Waals surface area contributed by atoms with E-state index in [4.69, 9.17) is 23.8 Å². The van der Waals surface area contributed by atoms with Gasteiger partial charge in [-0.1, -0.05) is 40.8 Å². The number of benzene rings is 2. The Kier molecular flexibility index (Phi) is 5.90. The van der Waals surface area contributed by atoms with E-state index in [1.54, 1.807) is 18.2 Å². The van der Waals surface area contributed by atoms with Crippen LogP contribution in [-0.4, -0.2) is 22.5 Å². The number of nitrogens with two attached hydrogens (primary N) is 1. The number of aromatic nitrogens is 1. The largest absolute Gasteiger partial charge is 0.506 e. The van der Waals surface area contributed by atoms with E-state index in [-0.39, 0.29) is 5.75 Å². The number of anilines is 2. The molecule has 0 fully saturated rings. The number of amides is 1. The van der Waals surface area contributed by atoms with Gasteiger partial charge < -0.3 is 21.5 Å². The summed E-state index contributed by atoms with van der Waals surface area (Å²) in [4.78, 5) is 15.2. The van der Waals surface area contributed by atoms with Crippen molar-refractivity contribution in [3.63, 3.8) is 0 Å². The minimum absolute atomic E-state index is 0.0486. The highest BCUT2D eigenvalue weighted by Gasteiger charge is 2.07. The van der Waals surface area contributed by atoms with E-state index in [2.05, 4.69) is 27.5 Å². The Hall–Kier alpha value is -3.39. The number of thiazole rings is 1. The first kappa shape index (κ1) is 19.4. The van der Waals surface area contributed by atoms with Crippen molar-refractivity contribution in [1.29, 1.82) is 0 Å². The fraction of sp³-hybridized carbons (Fsp3) is 0.100. The van der Waals surface area contributed by atoms with Gasteiger partial charge in [0.1, 0.15) is 11.3 Å². The number of terminal acetylenes is 1. The number of phenols is 1. The summed E-state index contributed by atoms with van der Waals surface area (Å²) in [5.41, 5.74) is 8.35. The van der Waals surface area contributed by atoms with Gasteiger partial charge in [-0.25, -0.2) is 4.98 Å². The number of fused-ring (bicyclic) bond motifs is 1. The van der Waals surface area contributed by atoms with E-state index >= 15 is 0 Å². The molecule has 6 nitrogen and oxygen atoms in total. The number of hydrogen-bond acceptors (Lipinski definition) is 6. The molecular weight excluding hydrogens is 396 g/mol. The van der Waals surface area contributed by atoms with E-state index < -0.39 is 5.91 Å². The molecule has 0 saturated carbocycles. The second-order valence-corrected chi connectivity index (χ2v) is 7.16. The zero-order valence-electron chi connectivity index (χ0n) is 14.5. The lowest BCUT2D eigenvalue weighted by Crippen LogP contribution is -2.20. The molecule has 5 N–H and O–H groups in total. The monoisotopic (exact) mass is 410 g/mol. The van der Waals surface area contributed by atoms with Crippen LogP contribution < -0.4 is 16.4 Å². The highest BCUT2D eigenvalue weighted by Crippen LogP contribution is 2.31. The molecule has 8 heteroatoms. The molecule has 1 amide bonds. The summed E-state index contributed by atoms with van der Waals surface area (Å²) in [5.74, 6) is 7.53. The summed E-state index contributed by atoms with van der Waals surface area (Å²) in [6.07, 6.45) is 5.02. The van der Waals surface area contributed by atoms with Gasteiger partial charge in [-0.15, -0.1) is 6.42 Å². The van der Waals surface area contributed by atoms with E-state index in [9.17, 15) is 9.90 Å². The lowest BCUT2D eigenvalue weighted by atomic mass is 10.2. The van der Waals surface area contributed by atoms with E-state index in [0.29, 0.717) is 40.0 Å². The first-order valence-corrected chi connectivity index (χ1v) is 9.30. The topological polar surface area (TPSA) is 100 Å². The van der Waals surface area contributed by atoms with E-state index in [1.165, 1.54) is 11.3 Å². The third-order valence-corrected chi connectivity index (χ3v) is 4.87. The summed E-state index contributed by atoms with van der Waals surface area (Å²) in [6, 6.07) is 8.73. The van der Waals surface area contributed by atoms with Crippen LogP contribution in [0.2, 0.25) is 5.02 Å². The molecule has 0 aliphatic heterocycles. The molecule has 0 unspecified atom stereocenters. The minimum Gasteiger partial charge on any atom is -0.506 e. The molecule has 28 heavy (non-hydrogen) atoms. The smallest absolute Gasteiger partial charge is 0.295 e. The molecule has 0 aliphatic carbocycles. The fourth-order valence-corrected chi connectivity index (χ4v) is 3.42. The van der Waals surface area contributed by atoms with Gasteiger partial charge in [0.25, 0.3) is 5.91 Å². The predicted molar refractivity (Wildman–Crippen MR) is 113 cm³/mol. The lowest BCUT2D eigenvalue weighted by molar-refractivity contribution is -0.115. The Bertz CT molecular complexity index is 1150.